The molecule has 1 saturated heterocycles. The van der Waals surface area contributed by atoms with Gasteiger partial charge in [0, 0.05) is 6.04 Å². The van der Waals surface area contributed by atoms with Crippen LogP contribution in [0.25, 0.3) is 11.0 Å². The first-order valence-electron chi connectivity index (χ1n) is 8.05. The van der Waals surface area contributed by atoms with Crippen LogP contribution in [0.2, 0.25) is 10.0 Å². The van der Waals surface area contributed by atoms with Crippen molar-refractivity contribution in [1.29, 1.82) is 0 Å². The number of nitrogens with one attached hydrogen (secondary N) is 1. The molecular formula is C16H21Cl2N3O4. The van der Waals surface area contributed by atoms with Gasteiger partial charge in [-0.3, -0.25) is 0 Å². The number of aliphatic hydroxyl groups excluding tert-OH is 3. The van der Waals surface area contributed by atoms with E-state index in [1.165, 1.54) is 0 Å². The molecule has 0 bridgehead atoms. The molecule has 25 heavy (non-hydrogen) atoms. The van der Waals surface area contributed by atoms with Crippen molar-refractivity contribution < 1.29 is 20.1 Å². The fourth-order valence-corrected chi connectivity index (χ4v) is 3.20. The van der Waals surface area contributed by atoms with E-state index in [1.807, 2.05) is 18.4 Å². The van der Waals surface area contributed by atoms with Crippen LogP contribution in [-0.2, 0) is 11.3 Å². The molecule has 4 N–H and O–H groups in total. The molecule has 1 fully saturated rings. The molecule has 0 radical (unpaired) electrons. The number of hydrogen-bond acceptors (Lipinski definition) is 6. The summed E-state index contributed by atoms with van der Waals surface area (Å²) in [4.78, 5) is 4.54. The molecule has 4 atom stereocenters. The highest BCUT2D eigenvalue weighted by atomic mass is 35.5. The van der Waals surface area contributed by atoms with Gasteiger partial charge in [-0.15, -0.1) is 0 Å². The second-order valence-corrected chi connectivity index (χ2v) is 7.33. The van der Waals surface area contributed by atoms with Crippen LogP contribution >= 0.6 is 23.2 Å². The normalized spacial score (nSPS) is 27.2. The fourth-order valence-electron chi connectivity index (χ4n) is 2.88. The van der Waals surface area contributed by atoms with Gasteiger partial charge in [0.05, 0.1) is 34.2 Å². The zero-order valence-electron chi connectivity index (χ0n) is 13.9. The first-order valence-corrected chi connectivity index (χ1v) is 8.81. The Morgan fingerprint density at radius 2 is 1.92 bits per heavy atom. The number of rotatable bonds is 4. The molecule has 3 rings (SSSR count). The third kappa shape index (κ3) is 3.72. The summed E-state index contributed by atoms with van der Waals surface area (Å²) in [5.41, 5.74) is 1.39. The van der Waals surface area contributed by atoms with Crippen molar-refractivity contribution in [3.8, 4) is 0 Å². The molecule has 2 aromatic rings. The molecule has 0 saturated carbocycles. The fraction of sp³-hybridized carbons (Fsp3) is 0.562. The second kappa shape index (κ2) is 7.26. The topological polar surface area (TPSA) is 99.8 Å². The van der Waals surface area contributed by atoms with Crippen LogP contribution in [0.1, 0.15) is 13.8 Å². The van der Waals surface area contributed by atoms with Gasteiger partial charge in [0.2, 0.25) is 5.95 Å². The number of imidazole rings is 1. The maximum absolute atomic E-state index is 10.2. The molecule has 0 aliphatic carbocycles. The van der Waals surface area contributed by atoms with E-state index in [0.29, 0.717) is 21.5 Å². The van der Waals surface area contributed by atoms with Crippen LogP contribution in [-0.4, -0.2) is 61.9 Å². The Morgan fingerprint density at radius 3 is 2.60 bits per heavy atom. The molecular weight excluding hydrogens is 369 g/mol. The van der Waals surface area contributed by atoms with Crippen LogP contribution in [0.15, 0.2) is 12.1 Å². The predicted molar refractivity (Wildman–Crippen MR) is 96.3 cm³/mol. The molecule has 0 unspecified atom stereocenters. The Balaban J connectivity index is 1.99. The minimum Gasteiger partial charge on any atom is -0.388 e. The quantitative estimate of drug-likeness (QED) is 0.634. The molecule has 1 aromatic carbocycles. The first kappa shape index (κ1) is 18.7. The summed E-state index contributed by atoms with van der Waals surface area (Å²) in [6.45, 7) is 4.15. The van der Waals surface area contributed by atoms with Gasteiger partial charge >= 0.3 is 0 Å². The predicted octanol–water partition coefficient (Wildman–Crippen LogP) is 1.64. The summed E-state index contributed by atoms with van der Waals surface area (Å²) in [7, 11) is 0. The van der Waals surface area contributed by atoms with Crippen LogP contribution in [0.5, 0.6) is 0 Å². The number of anilines is 1. The highest BCUT2D eigenvalue weighted by Crippen LogP contribution is 2.31. The van der Waals surface area contributed by atoms with E-state index in [0.717, 1.165) is 5.52 Å². The first-order chi connectivity index (χ1) is 11.8. The summed E-state index contributed by atoms with van der Waals surface area (Å²) >= 11 is 12.2. The number of aliphatic hydroxyl groups is 3. The SMILES string of the molecule is CC(C)Nc1nc2cc(Cl)c(Cl)cc2n1C[C@H]1OC[C@@H](O)[C@H](O)[C@H]1O. The Morgan fingerprint density at radius 1 is 1.24 bits per heavy atom. The average molecular weight is 390 g/mol. The molecule has 2 heterocycles. The summed E-state index contributed by atoms with van der Waals surface area (Å²) in [6.07, 6.45) is -4.27. The van der Waals surface area contributed by atoms with Crippen molar-refractivity contribution in [3.63, 3.8) is 0 Å². The zero-order chi connectivity index (χ0) is 18.3. The van der Waals surface area contributed by atoms with E-state index < -0.39 is 24.4 Å². The third-order valence-electron chi connectivity index (χ3n) is 4.18. The monoisotopic (exact) mass is 389 g/mol. The highest BCUT2D eigenvalue weighted by molar-refractivity contribution is 6.42. The maximum atomic E-state index is 10.2. The van der Waals surface area contributed by atoms with Gasteiger partial charge in [0.1, 0.15) is 24.4 Å². The van der Waals surface area contributed by atoms with Crippen LogP contribution in [0.4, 0.5) is 5.95 Å². The summed E-state index contributed by atoms with van der Waals surface area (Å²) < 4.78 is 7.34. The lowest BCUT2D eigenvalue weighted by atomic mass is 10.00. The van der Waals surface area contributed by atoms with Gasteiger partial charge in [-0.25, -0.2) is 4.98 Å². The summed E-state index contributed by atoms with van der Waals surface area (Å²) in [6, 6.07) is 3.52. The van der Waals surface area contributed by atoms with Gasteiger partial charge in [-0.1, -0.05) is 23.2 Å². The number of fused-ring (bicyclic) bond motifs is 1. The zero-order valence-corrected chi connectivity index (χ0v) is 15.4. The van der Waals surface area contributed by atoms with E-state index in [2.05, 4.69) is 10.3 Å². The number of halogens is 2. The van der Waals surface area contributed by atoms with Gasteiger partial charge in [-0.05, 0) is 26.0 Å². The van der Waals surface area contributed by atoms with Gasteiger partial charge < -0.3 is 29.9 Å². The molecule has 1 aliphatic heterocycles. The Bertz CT molecular complexity index is 767. The summed E-state index contributed by atoms with van der Waals surface area (Å²) in [5, 5.41) is 33.8. The number of hydrogen-bond donors (Lipinski definition) is 4. The molecule has 9 heteroatoms. The lowest BCUT2D eigenvalue weighted by molar-refractivity contribution is -0.189. The molecule has 138 valence electrons. The van der Waals surface area contributed by atoms with E-state index in [-0.39, 0.29) is 19.2 Å². The number of aromatic nitrogens is 2. The lowest BCUT2D eigenvalue weighted by Gasteiger charge is -2.35. The molecule has 1 aromatic heterocycles. The Kier molecular flexibility index (Phi) is 5.43. The molecule has 1 aliphatic rings. The maximum Gasteiger partial charge on any atom is 0.204 e. The number of benzene rings is 1. The van der Waals surface area contributed by atoms with E-state index in [4.69, 9.17) is 27.9 Å². The second-order valence-electron chi connectivity index (χ2n) is 6.52. The molecule has 0 amide bonds. The van der Waals surface area contributed by atoms with Crippen molar-refractivity contribution in [3.05, 3.63) is 22.2 Å². The smallest absolute Gasteiger partial charge is 0.204 e. The highest BCUT2D eigenvalue weighted by Gasteiger charge is 2.38. The Labute approximate surface area is 155 Å². The lowest BCUT2D eigenvalue weighted by Crippen LogP contribution is -2.54. The Hall–Kier alpha value is -1.09. The van der Waals surface area contributed by atoms with Gasteiger partial charge in [0.15, 0.2) is 0 Å². The van der Waals surface area contributed by atoms with E-state index in [1.54, 1.807) is 12.1 Å². The van der Waals surface area contributed by atoms with Crippen LogP contribution < -0.4 is 5.32 Å². The van der Waals surface area contributed by atoms with Crippen molar-refractivity contribution in [2.45, 2.75) is 50.8 Å². The van der Waals surface area contributed by atoms with Crippen molar-refractivity contribution >= 4 is 40.2 Å². The van der Waals surface area contributed by atoms with Crippen molar-refractivity contribution in [2.75, 3.05) is 11.9 Å². The van der Waals surface area contributed by atoms with Crippen LogP contribution in [0.3, 0.4) is 0 Å². The van der Waals surface area contributed by atoms with E-state index >= 15 is 0 Å². The number of nitrogens with zero attached hydrogens (tertiary/aromatic N) is 2. The molecule has 7 nitrogen and oxygen atoms in total. The van der Waals surface area contributed by atoms with Gasteiger partial charge in [0.25, 0.3) is 0 Å². The van der Waals surface area contributed by atoms with E-state index in [9.17, 15) is 15.3 Å². The average Bonchev–Trinajstić information content (AvgIpc) is 2.84. The van der Waals surface area contributed by atoms with Crippen LogP contribution in [0, 0.1) is 0 Å². The number of ether oxygens (including phenoxy) is 1. The van der Waals surface area contributed by atoms with Gasteiger partial charge in [-0.2, -0.15) is 0 Å². The summed E-state index contributed by atoms with van der Waals surface area (Å²) in [5.74, 6) is 0.583. The largest absolute Gasteiger partial charge is 0.388 e. The minimum absolute atomic E-state index is 0.0466. The standard InChI is InChI=1S/C16H21Cl2N3O4/c1-7(2)19-16-20-10-3-8(17)9(18)4-11(10)21(16)5-13-15(24)14(23)12(22)6-25-13/h3-4,7,12-15,22-24H,5-6H2,1-2H3,(H,19,20)/t12-,13-,14+,15+/m1/s1. The third-order valence-corrected chi connectivity index (χ3v) is 4.90. The van der Waals surface area contributed by atoms with Crippen molar-refractivity contribution in [1.82, 2.24) is 9.55 Å². The minimum atomic E-state index is -1.26. The van der Waals surface area contributed by atoms with Crippen molar-refractivity contribution in [2.24, 2.45) is 0 Å². The molecule has 0 spiro atoms.